The quantitative estimate of drug-likeness (QED) is 0.170. The van der Waals surface area contributed by atoms with Gasteiger partial charge in [-0.25, -0.2) is 5.43 Å². The third-order valence-corrected chi connectivity index (χ3v) is 6.10. The number of benzene rings is 3. The van der Waals surface area contributed by atoms with Crippen molar-refractivity contribution in [2.45, 2.75) is 6.92 Å². The number of furan rings is 1. The summed E-state index contributed by atoms with van der Waals surface area (Å²) in [6.07, 6.45) is 2.98. The van der Waals surface area contributed by atoms with Gasteiger partial charge in [0.15, 0.2) is 0 Å². The van der Waals surface area contributed by atoms with Crippen LogP contribution in [0.5, 0.6) is 0 Å². The second-order valence-electron chi connectivity index (χ2n) is 8.73. The summed E-state index contributed by atoms with van der Waals surface area (Å²) in [5, 5.41) is 7.36. The topological polar surface area (TPSA) is 86.9 Å². The molecule has 0 spiro atoms. The summed E-state index contributed by atoms with van der Waals surface area (Å²) in [6.45, 7) is 1.93. The van der Waals surface area contributed by atoms with Crippen molar-refractivity contribution in [3.8, 4) is 11.3 Å². The Morgan fingerprint density at radius 3 is 2.37 bits per heavy atom. The molecule has 1 aromatic heterocycles. The maximum Gasteiger partial charge on any atom is 0.287 e. The second kappa shape index (κ2) is 12.1. The maximum absolute atomic E-state index is 13.0. The number of hydrazone groups is 1. The average molecular weight is 527 g/mol. The van der Waals surface area contributed by atoms with E-state index in [0.29, 0.717) is 22.1 Å². The van der Waals surface area contributed by atoms with Crippen LogP contribution in [0.2, 0.25) is 5.02 Å². The third kappa shape index (κ3) is 6.78. The SMILES string of the molecule is Cc1ccc(-c2ccc(C=NNC(=O)C(=Cc3ccc(N(C)C)cc3)NC(=O)c3ccccc3)o2)cc1Cl. The lowest BCUT2D eigenvalue weighted by molar-refractivity contribution is -0.117. The Balaban J connectivity index is 1.50. The van der Waals surface area contributed by atoms with E-state index in [1.54, 1.807) is 42.5 Å². The van der Waals surface area contributed by atoms with Gasteiger partial charge in [-0.05, 0) is 66.6 Å². The number of nitrogens with zero attached hydrogens (tertiary/aromatic N) is 2. The van der Waals surface area contributed by atoms with Crippen LogP contribution in [0, 0.1) is 6.92 Å². The van der Waals surface area contributed by atoms with Crippen LogP contribution in [-0.2, 0) is 4.79 Å². The molecule has 38 heavy (non-hydrogen) atoms. The zero-order valence-corrected chi connectivity index (χ0v) is 22.0. The van der Waals surface area contributed by atoms with Crippen molar-refractivity contribution in [3.05, 3.63) is 118 Å². The van der Waals surface area contributed by atoms with E-state index in [1.807, 2.05) is 74.4 Å². The van der Waals surface area contributed by atoms with Crippen molar-refractivity contribution < 1.29 is 14.0 Å². The van der Waals surface area contributed by atoms with Crippen LogP contribution in [0.25, 0.3) is 17.4 Å². The Morgan fingerprint density at radius 2 is 1.68 bits per heavy atom. The normalized spacial score (nSPS) is 11.4. The van der Waals surface area contributed by atoms with Crippen LogP contribution in [0.4, 0.5) is 5.69 Å². The Kier molecular flexibility index (Phi) is 8.40. The highest BCUT2D eigenvalue weighted by Gasteiger charge is 2.14. The number of aryl methyl sites for hydroxylation is 1. The first-order valence-corrected chi connectivity index (χ1v) is 12.2. The van der Waals surface area contributed by atoms with E-state index in [9.17, 15) is 9.59 Å². The fraction of sp³-hybridized carbons (Fsp3) is 0.100. The van der Waals surface area contributed by atoms with E-state index in [1.165, 1.54) is 6.21 Å². The highest BCUT2D eigenvalue weighted by atomic mass is 35.5. The average Bonchev–Trinajstić information content (AvgIpc) is 3.39. The first kappa shape index (κ1) is 26.4. The molecule has 0 aliphatic heterocycles. The van der Waals surface area contributed by atoms with E-state index >= 15 is 0 Å². The van der Waals surface area contributed by atoms with Gasteiger partial charge in [0.25, 0.3) is 11.8 Å². The van der Waals surface area contributed by atoms with Gasteiger partial charge in [0.05, 0.1) is 6.21 Å². The summed E-state index contributed by atoms with van der Waals surface area (Å²) in [4.78, 5) is 27.8. The van der Waals surface area contributed by atoms with Gasteiger partial charge in [0.1, 0.15) is 17.2 Å². The van der Waals surface area contributed by atoms with Crippen molar-refractivity contribution in [1.82, 2.24) is 10.7 Å². The number of nitrogens with one attached hydrogen (secondary N) is 2. The lowest BCUT2D eigenvalue weighted by Gasteiger charge is -2.12. The molecular weight excluding hydrogens is 500 g/mol. The number of anilines is 1. The van der Waals surface area contributed by atoms with Gasteiger partial charge in [-0.3, -0.25) is 9.59 Å². The molecule has 4 rings (SSSR count). The van der Waals surface area contributed by atoms with Gasteiger partial charge in [-0.2, -0.15) is 5.10 Å². The molecule has 0 fully saturated rings. The van der Waals surface area contributed by atoms with Gasteiger partial charge in [-0.1, -0.05) is 54.1 Å². The number of amides is 2. The maximum atomic E-state index is 13.0. The molecule has 1 heterocycles. The number of hydrogen-bond acceptors (Lipinski definition) is 5. The number of carbonyl (C=O) groups is 2. The number of halogens is 1. The molecule has 0 saturated carbocycles. The largest absolute Gasteiger partial charge is 0.455 e. The molecule has 0 saturated heterocycles. The molecule has 192 valence electrons. The van der Waals surface area contributed by atoms with Crippen molar-refractivity contribution in [2.75, 3.05) is 19.0 Å². The molecule has 0 atom stereocenters. The molecule has 7 nitrogen and oxygen atoms in total. The van der Waals surface area contributed by atoms with Gasteiger partial charge in [0, 0.05) is 35.9 Å². The van der Waals surface area contributed by atoms with Crippen molar-refractivity contribution >= 4 is 41.4 Å². The standard InChI is InChI=1S/C30H27ClN4O3/c1-20-9-12-23(18-26(20)31)28-16-15-25(38-28)19-32-34-30(37)27(33-29(36)22-7-5-4-6-8-22)17-21-10-13-24(14-11-21)35(2)3/h4-19H,1-3H3,(H,33,36)(H,34,37). The molecule has 0 aliphatic rings. The zero-order chi connectivity index (χ0) is 27.1. The van der Waals surface area contributed by atoms with Crippen LogP contribution in [0.3, 0.4) is 0 Å². The molecule has 2 N–H and O–H groups in total. The van der Waals surface area contributed by atoms with Crippen molar-refractivity contribution in [2.24, 2.45) is 5.10 Å². The van der Waals surface area contributed by atoms with E-state index in [2.05, 4.69) is 15.8 Å². The molecule has 2 amide bonds. The summed E-state index contributed by atoms with van der Waals surface area (Å²) in [7, 11) is 3.89. The third-order valence-electron chi connectivity index (χ3n) is 5.69. The highest BCUT2D eigenvalue weighted by Crippen LogP contribution is 2.26. The van der Waals surface area contributed by atoms with Crippen LogP contribution < -0.4 is 15.6 Å². The summed E-state index contributed by atoms with van der Waals surface area (Å²) < 4.78 is 5.81. The summed E-state index contributed by atoms with van der Waals surface area (Å²) in [5.41, 5.74) is 6.49. The van der Waals surface area contributed by atoms with E-state index in [0.717, 1.165) is 22.4 Å². The fourth-order valence-electron chi connectivity index (χ4n) is 3.52. The van der Waals surface area contributed by atoms with Crippen LogP contribution in [0.1, 0.15) is 27.2 Å². The first-order valence-electron chi connectivity index (χ1n) is 11.9. The minimum atomic E-state index is -0.584. The number of hydrogen-bond donors (Lipinski definition) is 2. The minimum Gasteiger partial charge on any atom is -0.455 e. The van der Waals surface area contributed by atoms with Crippen LogP contribution >= 0.6 is 11.6 Å². The summed E-state index contributed by atoms with van der Waals surface area (Å²) >= 11 is 6.22. The molecule has 0 radical (unpaired) electrons. The Hall–Kier alpha value is -4.62. The van der Waals surface area contributed by atoms with Crippen LogP contribution in [0.15, 0.2) is 100 Å². The van der Waals surface area contributed by atoms with Gasteiger partial charge < -0.3 is 14.6 Å². The van der Waals surface area contributed by atoms with Gasteiger partial charge in [-0.15, -0.1) is 0 Å². The molecule has 3 aromatic carbocycles. The van der Waals surface area contributed by atoms with E-state index in [4.69, 9.17) is 16.0 Å². The highest BCUT2D eigenvalue weighted by molar-refractivity contribution is 6.31. The number of rotatable bonds is 8. The van der Waals surface area contributed by atoms with Gasteiger partial charge >= 0.3 is 0 Å². The van der Waals surface area contributed by atoms with Gasteiger partial charge in [0.2, 0.25) is 0 Å². The lowest BCUT2D eigenvalue weighted by Crippen LogP contribution is -2.32. The molecule has 0 bridgehead atoms. The molecule has 0 unspecified atom stereocenters. The van der Waals surface area contributed by atoms with E-state index < -0.39 is 11.8 Å². The second-order valence-corrected chi connectivity index (χ2v) is 9.14. The Bertz CT molecular complexity index is 1490. The molecule has 4 aromatic rings. The Labute approximate surface area is 226 Å². The Morgan fingerprint density at radius 1 is 0.947 bits per heavy atom. The monoisotopic (exact) mass is 526 g/mol. The predicted octanol–water partition coefficient (Wildman–Crippen LogP) is 5.90. The predicted molar refractivity (Wildman–Crippen MR) is 152 cm³/mol. The molecule has 0 aliphatic carbocycles. The van der Waals surface area contributed by atoms with Crippen molar-refractivity contribution in [3.63, 3.8) is 0 Å². The first-order chi connectivity index (χ1) is 18.3. The molecular formula is C30H27ClN4O3. The summed E-state index contributed by atoms with van der Waals surface area (Å²) in [6, 6.07) is 25.4. The molecule has 8 heteroatoms. The van der Waals surface area contributed by atoms with E-state index in [-0.39, 0.29) is 5.70 Å². The smallest absolute Gasteiger partial charge is 0.287 e. The zero-order valence-electron chi connectivity index (χ0n) is 21.2. The summed E-state index contributed by atoms with van der Waals surface area (Å²) in [5.74, 6) is 0.0688. The van der Waals surface area contributed by atoms with Crippen LogP contribution in [-0.4, -0.2) is 32.1 Å². The lowest BCUT2D eigenvalue weighted by atomic mass is 10.1. The number of carbonyl (C=O) groups excluding carboxylic acids is 2. The van der Waals surface area contributed by atoms with Crippen molar-refractivity contribution in [1.29, 1.82) is 0 Å². The minimum absolute atomic E-state index is 0.0445. The fourth-order valence-corrected chi connectivity index (χ4v) is 3.70.